The smallest absolute Gasteiger partial charge is 0.120 e. The molecule has 0 spiro atoms. The molecule has 15 heavy (non-hydrogen) atoms. The molecule has 0 saturated heterocycles. The first kappa shape index (κ1) is 11.8. The van der Waals surface area contributed by atoms with Crippen LogP contribution in [0.2, 0.25) is 5.02 Å². The Morgan fingerprint density at radius 2 is 2.13 bits per heavy atom. The average Bonchev–Trinajstić information content (AvgIpc) is 2.16. The van der Waals surface area contributed by atoms with E-state index in [2.05, 4.69) is 5.18 Å². The van der Waals surface area contributed by atoms with Crippen molar-refractivity contribution in [2.24, 2.45) is 5.18 Å². The van der Waals surface area contributed by atoms with Crippen LogP contribution in [0, 0.1) is 4.91 Å². The molecule has 4 nitrogen and oxygen atoms in total. The van der Waals surface area contributed by atoms with Crippen LogP contribution in [0.5, 0.6) is 5.75 Å². The van der Waals surface area contributed by atoms with E-state index in [1.165, 1.54) is 0 Å². The summed E-state index contributed by atoms with van der Waals surface area (Å²) < 4.78 is 5.07. The topological polar surface area (TPSA) is 41.9 Å². The summed E-state index contributed by atoms with van der Waals surface area (Å²) in [5.41, 5.74) is 1.57. The molecule has 0 aliphatic carbocycles. The SMILES string of the molecule is COc1cc(Cl)c(N(C)C)c(CN=O)c1. The molecule has 82 valence electrons. The molecule has 0 fully saturated rings. The van der Waals surface area contributed by atoms with Gasteiger partial charge in [-0.2, -0.15) is 4.91 Å². The number of benzene rings is 1. The van der Waals surface area contributed by atoms with Gasteiger partial charge in [0, 0.05) is 25.7 Å². The molecule has 5 heteroatoms. The van der Waals surface area contributed by atoms with E-state index in [0.29, 0.717) is 10.8 Å². The van der Waals surface area contributed by atoms with Gasteiger partial charge < -0.3 is 9.64 Å². The van der Waals surface area contributed by atoms with E-state index in [1.54, 1.807) is 19.2 Å². The maximum atomic E-state index is 10.3. The quantitative estimate of drug-likeness (QED) is 0.744. The van der Waals surface area contributed by atoms with Gasteiger partial charge in [0.2, 0.25) is 0 Å². The molecule has 0 amide bonds. The van der Waals surface area contributed by atoms with E-state index in [4.69, 9.17) is 16.3 Å². The third kappa shape index (κ3) is 2.59. The number of nitroso groups, excluding NO2 is 1. The summed E-state index contributed by atoms with van der Waals surface area (Å²) in [5, 5.41) is 3.43. The lowest BCUT2D eigenvalue weighted by molar-refractivity contribution is 0.414. The molecule has 1 aromatic carbocycles. The maximum Gasteiger partial charge on any atom is 0.120 e. The summed E-state index contributed by atoms with van der Waals surface area (Å²) >= 11 is 6.08. The molecule has 0 heterocycles. The second kappa shape index (κ2) is 4.98. The molecule has 0 N–H and O–H groups in total. The van der Waals surface area contributed by atoms with Crippen LogP contribution in [0.1, 0.15) is 5.56 Å². The molecule has 0 aliphatic rings. The van der Waals surface area contributed by atoms with Gasteiger partial charge in [0.1, 0.15) is 12.3 Å². The van der Waals surface area contributed by atoms with Crippen LogP contribution >= 0.6 is 11.6 Å². The number of rotatable bonds is 4. The fourth-order valence-corrected chi connectivity index (χ4v) is 1.84. The molecule has 0 radical (unpaired) electrons. The van der Waals surface area contributed by atoms with Gasteiger partial charge in [-0.25, -0.2) is 0 Å². The fraction of sp³-hybridized carbons (Fsp3) is 0.400. The third-order valence-corrected chi connectivity index (χ3v) is 2.32. The van der Waals surface area contributed by atoms with E-state index in [-0.39, 0.29) is 6.54 Å². The Hall–Kier alpha value is -1.29. The van der Waals surface area contributed by atoms with Gasteiger partial charge >= 0.3 is 0 Å². The third-order valence-electron chi connectivity index (χ3n) is 2.03. The number of methoxy groups -OCH3 is 1. The van der Waals surface area contributed by atoms with Crippen LogP contribution in [0.3, 0.4) is 0 Å². The highest BCUT2D eigenvalue weighted by molar-refractivity contribution is 6.33. The summed E-state index contributed by atoms with van der Waals surface area (Å²) in [6, 6.07) is 3.48. The zero-order valence-electron chi connectivity index (χ0n) is 8.95. The van der Waals surface area contributed by atoms with Crippen molar-refractivity contribution in [1.82, 2.24) is 0 Å². The summed E-state index contributed by atoms with van der Waals surface area (Å²) in [5.74, 6) is 0.629. The number of hydrogen-bond acceptors (Lipinski definition) is 4. The van der Waals surface area contributed by atoms with E-state index >= 15 is 0 Å². The number of anilines is 1. The maximum absolute atomic E-state index is 10.3. The normalized spacial score (nSPS) is 9.87. The minimum atomic E-state index is 0.0877. The first-order chi connectivity index (χ1) is 7.10. The van der Waals surface area contributed by atoms with Gasteiger partial charge in [0.25, 0.3) is 0 Å². The van der Waals surface area contributed by atoms with E-state index < -0.39 is 0 Å². The minimum Gasteiger partial charge on any atom is -0.497 e. The highest BCUT2D eigenvalue weighted by Crippen LogP contribution is 2.33. The van der Waals surface area contributed by atoms with Gasteiger partial charge in [-0.3, -0.25) is 0 Å². The van der Waals surface area contributed by atoms with Crippen LogP contribution in [0.15, 0.2) is 17.3 Å². The van der Waals surface area contributed by atoms with Gasteiger partial charge in [-0.05, 0) is 6.07 Å². The zero-order valence-corrected chi connectivity index (χ0v) is 9.71. The van der Waals surface area contributed by atoms with Gasteiger partial charge in [0.05, 0.1) is 17.8 Å². The fourth-order valence-electron chi connectivity index (χ4n) is 1.44. The average molecular weight is 229 g/mol. The number of nitrogens with zero attached hydrogens (tertiary/aromatic N) is 2. The van der Waals surface area contributed by atoms with Crippen LogP contribution in [-0.2, 0) is 6.54 Å². The van der Waals surface area contributed by atoms with Gasteiger partial charge in [-0.15, -0.1) is 0 Å². The van der Waals surface area contributed by atoms with Crippen molar-refractivity contribution in [3.05, 3.63) is 27.6 Å². The van der Waals surface area contributed by atoms with Crippen LogP contribution in [-0.4, -0.2) is 21.2 Å². The monoisotopic (exact) mass is 228 g/mol. The summed E-state index contributed by atoms with van der Waals surface area (Å²) in [6.07, 6.45) is 0. The molecule has 1 aromatic rings. The highest BCUT2D eigenvalue weighted by Gasteiger charge is 2.11. The molecule has 0 bridgehead atoms. The molecule has 0 saturated carbocycles. The predicted octanol–water partition coefficient (Wildman–Crippen LogP) is 2.68. The standard InChI is InChI=1S/C10H13ClN2O2/c1-13(2)10-7(6-12-14)4-8(15-3)5-9(10)11/h4-5H,6H2,1-3H3. The second-order valence-electron chi connectivity index (χ2n) is 3.30. The van der Waals surface area contributed by atoms with Crippen molar-refractivity contribution in [2.75, 3.05) is 26.1 Å². The Morgan fingerprint density at radius 3 is 2.60 bits per heavy atom. The number of hydrogen-bond donors (Lipinski definition) is 0. The summed E-state index contributed by atoms with van der Waals surface area (Å²) in [4.78, 5) is 12.2. The lowest BCUT2D eigenvalue weighted by Crippen LogP contribution is -2.12. The Morgan fingerprint density at radius 1 is 1.47 bits per heavy atom. The molecule has 1 rings (SSSR count). The van der Waals surface area contributed by atoms with Gasteiger partial charge in [0.15, 0.2) is 0 Å². The van der Waals surface area contributed by atoms with Crippen molar-refractivity contribution < 1.29 is 4.74 Å². The largest absolute Gasteiger partial charge is 0.497 e. The molecular formula is C10H13ClN2O2. The molecular weight excluding hydrogens is 216 g/mol. The Kier molecular flexibility index (Phi) is 3.91. The van der Waals surface area contributed by atoms with Crippen molar-refractivity contribution in [3.63, 3.8) is 0 Å². The highest BCUT2D eigenvalue weighted by atomic mass is 35.5. The Labute approximate surface area is 93.8 Å². The number of halogens is 1. The second-order valence-corrected chi connectivity index (χ2v) is 3.71. The van der Waals surface area contributed by atoms with Crippen molar-refractivity contribution in [2.45, 2.75) is 6.54 Å². The zero-order chi connectivity index (χ0) is 11.4. The lowest BCUT2D eigenvalue weighted by atomic mass is 10.1. The van der Waals surface area contributed by atoms with Crippen molar-refractivity contribution in [3.8, 4) is 5.75 Å². The van der Waals surface area contributed by atoms with Crippen molar-refractivity contribution in [1.29, 1.82) is 0 Å². The minimum absolute atomic E-state index is 0.0877. The van der Waals surface area contributed by atoms with Crippen LogP contribution in [0.4, 0.5) is 5.69 Å². The van der Waals surface area contributed by atoms with Crippen LogP contribution in [0.25, 0.3) is 0 Å². The predicted molar refractivity (Wildman–Crippen MR) is 61.8 cm³/mol. The Balaban J connectivity index is 3.28. The van der Waals surface area contributed by atoms with E-state index in [9.17, 15) is 4.91 Å². The Bertz CT molecular complexity index is 367. The molecule has 0 aliphatic heterocycles. The molecule has 0 unspecified atom stereocenters. The van der Waals surface area contributed by atoms with Crippen LogP contribution < -0.4 is 9.64 Å². The number of ether oxygens (including phenoxy) is 1. The van der Waals surface area contributed by atoms with Crippen molar-refractivity contribution >= 4 is 17.3 Å². The molecule has 0 atom stereocenters. The first-order valence-corrected chi connectivity index (χ1v) is 4.80. The first-order valence-electron chi connectivity index (χ1n) is 4.43. The summed E-state index contributed by atoms with van der Waals surface area (Å²) in [7, 11) is 5.28. The molecule has 0 aromatic heterocycles. The van der Waals surface area contributed by atoms with E-state index in [0.717, 1.165) is 11.3 Å². The lowest BCUT2D eigenvalue weighted by Gasteiger charge is -2.18. The van der Waals surface area contributed by atoms with E-state index in [1.807, 2.05) is 19.0 Å². The van der Waals surface area contributed by atoms with Gasteiger partial charge in [-0.1, -0.05) is 16.8 Å². The summed E-state index contributed by atoms with van der Waals surface area (Å²) in [6.45, 7) is 0.0877.